The van der Waals surface area contributed by atoms with E-state index in [1.807, 2.05) is 0 Å². The summed E-state index contributed by atoms with van der Waals surface area (Å²) in [6, 6.07) is 5.36. The number of nitrogens with zero attached hydrogens (tertiary/aromatic N) is 1. The smallest absolute Gasteiger partial charge is 0.0242 e. The monoisotopic (exact) mass is 288 g/mol. The molecule has 1 heterocycles. The second-order valence-corrected chi connectivity index (χ2v) is 7.20. The Bertz CT molecular complexity index is 442. The fourth-order valence-electron chi connectivity index (χ4n) is 3.54. The summed E-state index contributed by atoms with van der Waals surface area (Å²) in [6.07, 6.45) is 2.69. The van der Waals surface area contributed by atoms with Gasteiger partial charge in [0.1, 0.15) is 0 Å². The maximum absolute atomic E-state index is 3.64. The van der Waals surface area contributed by atoms with Crippen LogP contribution in [0.25, 0.3) is 0 Å². The number of benzene rings is 1. The van der Waals surface area contributed by atoms with Crippen LogP contribution in [0.2, 0.25) is 0 Å². The maximum atomic E-state index is 3.64. The van der Waals surface area contributed by atoms with Crippen molar-refractivity contribution < 1.29 is 0 Å². The van der Waals surface area contributed by atoms with Gasteiger partial charge in [-0.3, -0.25) is 4.90 Å². The summed E-state index contributed by atoms with van der Waals surface area (Å²) in [6.45, 7) is 15.9. The molecule has 2 heteroatoms. The van der Waals surface area contributed by atoms with Crippen molar-refractivity contribution in [1.82, 2.24) is 10.2 Å². The lowest BCUT2D eigenvalue weighted by atomic mass is 9.99. The molecule has 118 valence electrons. The molecule has 1 atom stereocenters. The predicted molar refractivity (Wildman–Crippen MR) is 91.8 cm³/mol. The van der Waals surface area contributed by atoms with Crippen LogP contribution in [-0.4, -0.2) is 30.6 Å². The van der Waals surface area contributed by atoms with Gasteiger partial charge in [-0.2, -0.15) is 0 Å². The van der Waals surface area contributed by atoms with Gasteiger partial charge in [0.2, 0.25) is 0 Å². The zero-order valence-electron chi connectivity index (χ0n) is 14.5. The van der Waals surface area contributed by atoms with Crippen LogP contribution in [0.4, 0.5) is 0 Å². The highest BCUT2D eigenvalue weighted by Gasteiger charge is 2.24. The van der Waals surface area contributed by atoms with Crippen molar-refractivity contribution in [2.24, 2.45) is 5.92 Å². The minimum Gasteiger partial charge on any atom is -0.315 e. The van der Waals surface area contributed by atoms with E-state index in [0.29, 0.717) is 6.04 Å². The molecule has 1 aliphatic heterocycles. The third-order valence-corrected chi connectivity index (χ3v) is 4.63. The highest BCUT2D eigenvalue weighted by atomic mass is 15.2. The highest BCUT2D eigenvalue weighted by Crippen LogP contribution is 2.24. The van der Waals surface area contributed by atoms with Crippen LogP contribution in [0, 0.1) is 26.7 Å². The molecular formula is C19H32N2. The molecule has 2 nitrogen and oxygen atoms in total. The molecule has 0 bridgehead atoms. The normalized spacial score (nSPS) is 19.6. The first kappa shape index (κ1) is 16.5. The lowest BCUT2D eigenvalue weighted by Crippen LogP contribution is -2.38. The molecule has 0 saturated carbocycles. The molecule has 1 aliphatic rings. The molecule has 1 saturated heterocycles. The Morgan fingerprint density at radius 2 is 1.86 bits per heavy atom. The molecule has 1 fully saturated rings. The second kappa shape index (κ2) is 7.42. The van der Waals surface area contributed by atoms with Crippen molar-refractivity contribution in [1.29, 1.82) is 0 Å². The maximum Gasteiger partial charge on any atom is 0.0242 e. The number of likely N-dealkylation sites (tertiary alicyclic amines) is 1. The van der Waals surface area contributed by atoms with Crippen molar-refractivity contribution in [2.75, 3.05) is 19.6 Å². The minimum atomic E-state index is 0.712. The average Bonchev–Trinajstić information content (AvgIpc) is 2.80. The summed E-state index contributed by atoms with van der Waals surface area (Å²) in [4.78, 5) is 2.68. The molecule has 2 rings (SSSR count). The topological polar surface area (TPSA) is 15.3 Å². The fraction of sp³-hybridized carbons (Fsp3) is 0.684. The number of rotatable bonds is 6. The van der Waals surface area contributed by atoms with Crippen LogP contribution >= 0.6 is 0 Å². The Hall–Kier alpha value is -0.860. The van der Waals surface area contributed by atoms with E-state index in [-0.39, 0.29) is 0 Å². The van der Waals surface area contributed by atoms with Crippen LogP contribution in [0.3, 0.4) is 0 Å². The molecule has 1 aromatic rings. The highest BCUT2D eigenvalue weighted by molar-refractivity contribution is 5.37. The van der Waals surface area contributed by atoms with E-state index in [4.69, 9.17) is 0 Å². The summed E-state index contributed by atoms with van der Waals surface area (Å²) in [5.74, 6) is 0.737. The lowest BCUT2D eigenvalue weighted by Gasteiger charge is -2.27. The van der Waals surface area contributed by atoms with E-state index in [0.717, 1.165) is 25.6 Å². The van der Waals surface area contributed by atoms with Gasteiger partial charge < -0.3 is 5.32 Å². The average molecular weight is 288 g/mol. The third-order valence-electron chi connectivity index (χ3n) is 4.63. The molecule has 0 radical (unpaired) electrons. The Kier molecular flexibility index (Phi) is 5.83. The van der Waals surface area contributed by atoms with E-state index in [9.17, 15) is 0 Å². The number of aryl methyl sites for hydroxylation is 3. The van der Waals surface area contributed by atoms with Crippen LogP contribution in [0.1, 0.15) is 48.9 Å². The van der Waals surface area contributed by atoms with Gasteiger partial charge in [0.05, 0.1) is 0 Å². The van der Waals surface area contributed by atoms with Gasteiger partial charge in [-0.1, -0.05) is 31.5 Å². The zero-order valence-corrected chi connectivity index (χ0v) is 14.5. The van der Waals surface area contributed by atoms with Gasteiger partial charge in [0.25, 0.3) is 0 Å². The largest absolute Gasteiger partial charge is 0.315 e. The van der Waals surface area contributed by atoms with Gasteiger partial charge in [0, 0.05) is 19.1 Å². The second-order valence-electron chi connectivity index (χ2n) is 7.20. The van der Waals surface area contributed by atoms with E-state index < -0.39 is 0 Å². The molecule has 0 amide bonds. The minimum absolute atomic E-state index is 0.712. The van der Waals surface area contributed by atoms with Crippen LogP contribution in [0.15, 0.2) is 12.1 Å². The standard InChI is InChI=1S/C19H32N2/c1-14(2)11-20-12-18-7-6-8-21(18)13-19-16(4)9-15(3)10-17(19)5/h9-10,14,18,20H,6-8,11-13H2,1-5H3. The Morgan fingerprint density at radius 1 is 1.19 bits per heavy atom. The van der Waals surface area contributed by atoms with Crippen molar-refractivity contribution in [3.63, 3.8) is 0 Å². The van der Waals surface area contributed by atoms with Crippen LogP contribution in [0.5, 0.6) is 0 Å². The third kappa shape index (κ3) is 4.55. The molecule has 0 spiro atoms. The SMILES string of the molecule is Cc1cc(C)c(CN2CCCC2CNCC(C)C)c(C)c1. The molecule has 1 aromatic carbocycles. The van der Waals surface area contributed by atoms with Crippen molar-refractivity contribution >= 4 is 0 Å². The van der Waals surface area contributed by atoms with E-state index in [1.54, 1.807) is 0 Å². The lowest BCUT2D eigenvalue weighted by molar-refractivity contribution is 0.237. The molecule has 1 N–H and O–H groups in total. The van der Waals surface area contributed by atoms with Crippen molar-refractivity contribution in [2.45, 2.75) is 60.0 Å². The molecule has 1 unspecified atom stereocenters. The molecule has 0 aromatic heterocycles. The summed E-state index contributed by atoms with van der Waals surface area (Å²) in [5, 5.41) is 3.64. The van der Waals surface area contributed by atoms with E-state index in [2.05, 4.69) is 57.0 Å². The fourth-order valence-corrected chi connectivity index (χ4v) is 3.54. The van der Waals surface area contributed by atoms with Gasteiger partial charge in [-0.15, -0.1) is 0 Å². The van der Waals surface area contributed by atoms with Crippen molar-refractivity contribution in [3.05, 3.63) is 34.4 Å². The Morgan fingerprint density at radius 3 is 2.48 bits per heavy atom. The van der Waals surface area contributed by atoms with Crippen molar-refractivity contribution in [3.8, 4) is 0 Å². The summed E-state index contributed by atoms with van der Waals surface area (Å²) >= 11 is 0. The van der Waals surface area contributed by atoms with E-state index in [1.165, 1.54) is 41.6 Å². The van der Waals surface area contributed by atoms with Crippen LogP contribution in [-0.2, 0) is 6.54 Å². The first-order chi connectivity index (χ1) is 9.97. The molecular weight excluding hydrogens is 256 g/mol. The summed E-state index contributed by atoms with van der Waals surface area (Å²) < 4.78 is 0. The van der Waals surface area contributed by atoms with Gasteiger partial charge in [-0.05, 0) is 69.3 Å². The van der Waals surface area contributed by atoms with Gasteiger partial charge in [0.15, 0.2) is 0 Å². The molecule has 0 aliphatic carbocycles. The first-order valence-electron chi connectivity index (χ1n) is 8.49. The number of nitrogens with one attached hydrogen (secondary N) is 1. The Labute approximate surface area is 130 Å². The Balaban J connectivity index is 1.98. The summed E-state index contributed by atoms with van der Waals surface area (Å²) in [5.41, 5.74) is 5.82. The zero-order chi connectivity index (χ0) is 15.4. The number of hydrogen-bond acceptors (Lipinski definition) is 2. The van der Waals surface area contributed by atoms with Crippen LogP contribution < -0.4 is 5.32 Å². The van der Waals surface area contributed by atoms with E-state index >= 15 is 0 Å². The quantitative estimate of drug-likeness (QED) is 0.856. The summed E-state index contributed by atoms with van der Waals surface area (Å²) in [7, 11) is 0. The first-order valence-corrected chi connectivity index (χ1v) is 8.49. The number of hydrogen-bond donors (Lipinski definition) is 1. The molecule has 21 heavy (non-hydrogen) atoms. The van der Waals surface area contributed by atoms with Gasteiger partial charge in [-0.25, -0.2) is 0 Å². The predicted octanol–water partition coefficient (Wildman–Crippen LogP) is 3.82. The van der Waals surface area contributed by atoms with Gasteiger partial charge >= 0.3 is 0 Å².